The molecule has 0 bridgehead atoms. The van der Waals surface area contributed by atoms with Gasteiger partial charge in [-0.2, -0.15) is 5.10 Å². The topological polar surface area (TPSA) is 51.1 Å². The van der Waals surface area contributed by atoms with Crippen molar-refractivity contribution < 1.29 is 4.74 Å². The molecule has 0 N–H and O–H groups in total. The van der Waals surface area contributed by atoms with E-state index < -0.39 is 0 Å². The molecular formula is C17H22N4OS. The van der Waals surface area contributed by atoms with Gasteiger partial charge in [-0.3, -0.25) is 4.90 Å². The largest absolute Gasteiger partial charge is 0.480 e. The zero-order valence-corrected chi connectivity index (χ0v) is 14.3. The lowest BCUT2D eigenvalue weighted by Crippen LogP contribution is -2.34. The van der Waals surface area contributed by atoms with E-state index in [1.807, 2.05) is 23.5 Å². The van der Waals surface area contributed by atoms with Crippen molar-refractivity contribution in [3.05, 3.63) is 33.4 Å². The summed E-state index contributed by atoms with van der Waals surface area (Å²) in [6.45, 7) is 3.08. The van der Waals surface area contributed by atoms with Crippen molar-refractivity contribution in [2.45, 2.75) is 44.6 Å². The molecule has 0 saturated carbocycles. The summed E-state index contributed by atoms with van der Waals surface area (Å²) in [5, 5.41) is 9.68. The van der Waals surface area contributed by atoms with Crippen molar-refractivity contribution in [1.82, 2.24) is 20.1 Å². The minimum absolute atomic E-state index is 0.572. The molecule has 1 saturated heterocycles. The van der Waals surface area contributed by atoms with Gasteiger partial charge < -0.3 is 4.74 Å². The molecule has 1 atom stereocenters. The van der Waals surface area contributed by atoms with Gasteiger partial charge in [-0.25, -0.2) is 4.98 Å². The first-order valence-electron chi connectivity index (χ1n) is 8.39. The summed E-state index contributed by atoms with van der Waals surface area (Å²) in [7, 11) is 1.62. The number of rotatable bonds is 4. The molecule has 1 unspecified atom stereocenters. The number of piperidine rings is 1. The van der Waals surface area contributed by atoms with Gasteiger partial charge in [0.05, 0.1) is 23.5 Å². The van der Waals surface area contributed by atoms with Crippen LogP contribution in [-0.4, -0.2) is 40.3 Å². The average molecular weight is 330 g/mol. The van der Waals surface area contributed by atoms with Crippen molar-refractivity contribution >= 4 is 11.3 Å². The van der Waals surface area contributed by atoms with Crippen molar-refractivity contribution in [2.75, 3.05) is 20.2 Å². The van der Waals surface area contributed by atoms with Gasteiger partial charge in [-0.1, -0.05) is 0 Å². The van der Waals surface area contributed by atoms with Crippen LogP contribution in [0.2, 0.25) is 0 Å². The van der Waals surface area contributed by atoms with E-state index in [9.17, 15) is 0 Å². The van der Waals surface area contributed by atoms with Gasteiger partial charge in [-0.05, 0) is 44.7 Å². The Hall–Kier alpha value is -1.53. The highest BCUT2D eigenvalue weighted by Gasteiger charge is 2.26. The SMILES string of the molecule is COc1ccc(CN2CCCC(c3nc4c(s3)CCC4)C2)nn1. The lowest BCUT2D eigenvalue weighted by molar-refractivity contribution is 0.197. The van der Waals surface area contributed by atoms with Gasteiger partial charge in [0.25, 0.3) is 0 Å². The molecular weight excluding hydrogens is 308 g/mol. The van der Waals surface area contributed by atoms with Gasteiger partial charge >= 0.3 is 0 Å². The Balaban J connectivity index is 1.41. The third-order valence-electron chi connectivity index (χ3n) is 4.76. The van der Waals surface area contributed by atoms with E-state index in [-0.39, 0.29) is 0 Å². The fraction of sp³-hybridized carbons (Fsp3) is 0.588. The number of hydrogen-bond donors (Lipinski definition) is 0. The lowest BCUT2D eigenvalue weighted by Gasteiger charge is -2.31. The quantitative estimate of drug-likeness (QED) is 0.863. The number of fused-ring (bicyclic) bond motifs is 1. The van der Waals surface area contributed by atoms with Crippen LogP contribution in [0.5, 0.6) is 5.88 Å². The normalized spacial score (nSPS) is 21.3. The van der Waals surface area contributed by atoms with E-state index in [1.165, 1.54) is 47.7 Å². The Bertz CT molecular complexity index is 648. The minimum Gasteiger partial charge on any atom is -0.480 e. The van der Waals surface area contributed by atoms with Crippen LogP contribution in [0.1, 0.15) is 46.5 Å². The number of thiazole rings is 1. The maximum Gasteiger partial charge on any atom is 0.233 e. The van der Waals surface area contributed by atoms with E-state index in [4.69, 9.17) is 9.72 Å². The molecule has 0 amide bonds. The molecule has 2 aromatic rings. The molecule has 2 aromatic heterocycles. The molecule has 1 fully saturated rings. The van der Waals surface area contributed by atoms with Gasteiger partial charge in [-0.15, -0.1) is 16.4 Å². The number of methoxy groups -OCH3 is 1. The number of aromatic nitrogens is 3. The molecule has 4 rings (SSSR count). The lowest BCUT2D eigenvalue weighted by atomic mass is 9.98. The summed E-state index contributed by atoms with van der Waals surface area (Å²) in [5.41, 5.74) is 2.39. The van der Waals surface area contributed by atoms with Crippen molar-refractivity contribution in [1.29, 1.82) is 0 Å². The van der Waals surface area contributed by atoms with E-state index in [0.717, 1.165) is 25.3 Å². The van der Waals surface area contributed by atoms with Crippen molar-refractivity contribution in [2.24, 2.45) is 0 Å². The molecule has 0 spiro atoms. The van der Waals surface area contributed by atoms with Crippen molar-refractivity contribution in [3.8, 4) is 5.88 Å². The highest BCUT2D eigenvalue weighted by Crippen LogP contribution is 2.35. The second kappa shape index (κ2) is 6.53. The highest BCUT2D eigenvalue weighted by molar-refractivity contribution is 7.11. The monoisotopic (exact) mass is 330 g/mol. The van der Waals surface area contributed by atoms with E-state index in [0.29, 0.717) is 11.8 Å². The highest BCUT2D eigenvalue weighted by atomic mass is 32.1. The molecule has 23 heavy (non-hydrogen) atoms. The summed E-state index contributed by atoms with van der Waals surface area (Å²) in [5.74, 6) is 1.16. The van der Waals surface area contributed by atoms with E-state index in [2.05, 4.69) is 15.1 Å². The smallest absolute Gasteiger partial charge is 0.233 e. The summed E-state index contributed by atoms with van der Waals surface area (Å²) >= 11 is 1.96. The van der Waals surface area contributed by atoms with Crippen LogP contribution < -0.4 is 4.74 Å². The predicted octanol–water partition coefficient (Wildman–Crippen LogP) is 2.81. The predicted molar refractivity (Wildman–Crippen MR) is 90.0 cm³/mol. The van der Waals surface area contributed by atoms with Crippen molar-refractivity contribution in [3.63, 3.8) is 0 Å². The van der Waals surface area contributed by atoms with Crippen LogP contribution in [0.4, 0.5) is 0 Å². The molecule has 0 radical (unpaired) electrons. The van der Waals surface area contributed by atoms with Gasteiger partial charge in [0.1, 0.15) is 0 Å². The zero-order chi connectivity index (χ0) is 15.6. The fourth-order valence-electron chi connectivity index (χ4n) is 3.56. The second-order valence-corrected chi connectivity index (χ2v) is 7.53. The Morgan fingerprint density at radius 3 is 3.00 bits per heavy atom. The fourth-order valence-corrected chi connectivity index (χ4v) is 4.83. The number of likely N-dealkylation sites (tertiary alicyclic amines) is 1. The molecule has 0 aromatic carbocycles. The second-order valence-electron chi connectivity index (χ2n) is 6.42. The van der Waals surface area contributed by atoms with E-state index >= 15 is 0 Å². The summed E-state index contributed by atoms with van der Waals surface area (Å²) in [6.07, 6.45) is 6.21. The van der Waals surface area contributed by atoms with Gasteiger partial charge in [0, 0.05) is 30.0 Å². The number of ether oxygens (including phenoxy) is 1. The van der Waals surface area contributed by atoms with E-state index in [1.54, 1.807) is 7.11 Å². The van der Waals surface area contributed by atoms with Crippen LogP contribution in [0.3, 0.4) is 0 Å². The molecule has 2 aliphatic rings. The van der Waals surface area contributed by atoms with Crippen LogP contribution in [0.25, 0.3) is 0 Å². The minimum atomic E-state index is 0.572. The van der Waals surface area contributed by atoms with Crippen LogP contribution in [0.15, 0.2) is 12.1 Å². The Morgan fingerprint density at radius 2 is 2.22 bits per heavy atom. The third-order valence-corrected chi connectivity index (χ3v) is 6.08. The Labute approximate surface area is 140 Å². The van der Waals surface area contributed by atoms with Crippen LogP contribution >= 0.6 is 11.3 Å². The molecule has 1 aliphatic heterocycles. The molecule has 5 nitrogen and oxygen atoms in total. The maximum absolute atomic E-state index is 5.07. The standard InChI is InChI=1S/C17H22N4OS/c1-22-16-8-7-13(19-20-16)11-21-9-3-4-12(10-21)17-18-14-5-2-6-15(14)23-17/h7-8,12H,2-6,9-11H2,1H3. The number of aryl methyl sites for hydroxylation is 2. The first-order valence-corrected chi connectivity index (χ1v) is 9.21. The molecule has 1 aliphatic carbocycles. The molecule has 6 heteroatoms. The zero-order valence-electron chi connectivity index (χ0n) is 13.5. The van der Waals surface area contributed by atoms with Crippen LogP contribution in [-0.2, 0) is 19.4 Å². The summed E-state index contributed by atoms with van der Waals surface area (Å²) in [6, 6.07) is 3.89. The molecule has 3 heterocycles. The first-order chi connectivity index (χ1) is 11.3. The summed E-state index contributed by atoms with van der Waals surface area (Å²) < 4.78 is 5.07. The third kappa shape index (κ3) is 3.23. The van der Waals surface area contributed by atoms with Gasteiger partial charge in [0.2, 0.25) is 5.88 Å². The van der Waals surface area contributed by atoms with Crippen LogP contribution in [0, 0.1) is 0 Å². The van der Waals surface area contributed by atoms with Gasteiger partial charge in [0.15, 0.2) is 0 Å². The first kappa shape index (κ1) is 15.0. The summed E-state index contributed by atoms with van der Waals surface area (Å²) in [4.78, 5) is 8.95. The maximum atomic E-state index is 5.07. The number of nitrogens with zero attached hydrogens (tertiary/aromatic N) is 4. The average Bonchev–Trinajstić information content (AvgIpc) is 3.17. The molecule has 122 valence electrons. The Morgan fingerprint density at radius 1 is 1.26 bits per heavy atom. The Kier molecular flexibility index (Phi) is 4.27. The number of hydrogen-bond acceptors (Lipinski definition) is 6.